The molecule has 0 aliphatic rings. The van der Waals surface area contributed by atoms with Crippen molar-refractivity contribution < 1.29 is 9.15 Å². The SMILES string of the molecule is CCc1cc(=O)oc2cc(Oc3c(C#N)c(=O)n(C)c(=O)n3C)ccc12. The Kier molecular flexibility index (Phi) is 4.22. The minimum Gasteiger partial charge on any atom is -0.439 e. The van der Waals surface area contributed by atoms with Crippen LogP contribution in [0.3, 0.4) is 0 Å². The van der Waals surface area contributed by atoms with Crippen LogP contribution in [0.15, 0.2) is 43.1 Å². The van der Waals surface area contributed by atoms with Gasteiger partial charge in [-0.2, -0.15) is 5.26 Å². The standard InChI is InChI=1S/C18H15N3O5/c1-4-10-7-15(22)26-14-8-11(5-6-12(10)14)25-17-13(9-19)16(23)20(2)18(24)21(17)3/h5-8H,4H2,1-3H3. The summed E-state index contributed by atoms with van der Waals surface area (Å²) in [5.74, 6) is 0.0580. The van der Waals surface area contributed by atoms with Crippen molar-refractivity contribution in [3.8, 4) is 17.7 Å². The highest BCUT2D eigenvalue weighted by molar-refractivity contribution is 5.81. The van der Waals surface area contributed by atoms with Gasteiger partial charge in [0.25, 0.3) is 5.56 Å². The first-order chi connectivity index (χ1) is 12.4. The van der Waals surface area contributed by atoms with Crippen molar-refractivity contribution in [1.82, 2.24) is 9.13 Å². The summed E-state index contributed by atoms with van der Waals surface area (Å²) in [4.78, 5) is 35.9. The van der Waals surface area contributed by atoms with E-state index in [0.29, 0.717) is 12.0 Å². The Balaban J connectivity index is 2.19. The van der Waals surface area contributed by atoms with E-state index in [1.54, 1.807) is 18.2 Å². The fourth-order valence-corrected chi connectivity index (χ4v) is 2.72. The Morgan fingerprint density at radius 2 is 1.88 bits per heavy atom. The Morgan fingerprint density at radius 1 is 1.15 bits per heavy atom. The summed E-state index contributed by atoms with van der Waals surface area (Å²) in [7, 11) is 2.68. The summed E-state index contributed by atoms with van der Waals surface area (Å²) < 4.78 is 12.7. The third-order valence-corrected chi connectivity index (χ3v) is 4.12. The number of ether oxygens (including phenoxy) is 1. The minimum absolute atomic E-state index is 0.172. The van der Waals surface area contributed by atoms with Crippen LogP contribution in [0.2, 0.25) is 0 Å². The van der Waals surface area contributed by atoms with E-state index in [1.165, 1.54) is 26.2 Å². The molecule has 0 spiro atoms. The Bertz CT molecular complexity index is 1240. The van der Waals surface area contributed by atoms with Crippen LogP contribution in [0.1, 0.15) is 18.1 Å². The van der Waals surface area contributed by atoms with E-state index in [-0.39, 0.29) is 17.2 Å². The first-order valence-corrected chi connectivity index (χ1v) is 7.82. The lowest BCUT2D eigenvalue weighted by atomic mass is 10.1. The molecule has 8 nitrogen and oxygen atoms in total. The number of nitrogens with zero attached hydrogens (tertiary/aromatic N) is 3. The summed E-state index contributed by atoms with van der Waals surface area (Å²) in [6, 6.07) is 8.02. The van der Waals surface area contributed by atoms with E-state index in [1.807, 2.05) is 6.92 Å². The average molecular weight is 353 g/mol. The van der Waals surface area contributed by atoms with Crippen LogP contribution in [0, 0.1) is 11.3 Å². The number of nitriles is 1. The second-order valence-electron chi connectivity index (χ2n) is 5.70. The maximum absolute atomic E-state index is 12.1. The monoisotopic (exact) mass is 353 g/mol. The van der Waals surface area contributed by atoms with E-state index in [4.69, 9.17) is 9.15 Å². The zero-order valence-corrected chi connectivity index (χ0v) is 14.4. The van der Waals surface area contributed by atoms with Gasteiger partial charge in [-0.3, -0.25) is 13.9 Å². The number of hydrogen-bond acceptors (Lipinski definition) is 6. The van der Waals surface area contributed by atoms with Gasteiger partial charge in [0.2, 0.25) is 5.88 Å². The van der Waals surface area contributed by atoms with Gasteiger partial charge < -0.3 is 9.15 Å². The van der Waals surface area contributed by atoms with Crippen LogP contribution >= 0.6 is 0 Å². The van der Waals surface area contributed by atoms with Crippen LogP contribution in [0.5, 0.6) is 11.6 Å². The normalized spacial score (nSPS) is 10.7. The molecule has 8 heteroatoms. The highest BCUT2D eigenvalue weighted by Crippen LogP contribution is 2.27. The molecule has 26 heavy (non-hydrogen) atoms. The number of benzene rings is 1. The molecule has 0 aliphatic heterocycles. The van der Waals surface area contributed by atoms with Gasteiger partial charge in [-0.25, -0.2) is 9.59 Å². The third kappa shape index (κ3) is 2.69. The summed E-state index contributed by atoms with van der Waals surface area (Å²) in [6.45, 7) is 1.92. The number of hydrogen-bond donors (Lipinski definition) is 0. The van der Waals surface area contributed by atoms with Gasteiger partial charge >= 0.3 is 11.3 Å². The van der Waals surface area contributed by atoms with Gasteiger partial charge in [-0.1, -0.05) is 6.92 Å². The highest BCUT2D eigenvalue weighted by Gasteiger charge is 2.18. The number of aromatic nitrogens is 2. The first kappa shape index (κ1) is 17.2. The maximum atomic E-state index is 12.1. The fourth-order valence-electron chi connectivity index (χ4n) is 2.72. The van der Waals surface area contributed by atoms with Crippen molar-refractivity contribution in [2.75, 3.05) is 0 Å². The highest BCUT2D eigenvalue weighted by atomic mass is 16.5. The molecule has 3 rings (SSSR count). The Labute approximate surface area is 147 Å². The van der Waals surface area contributed by atoms with Gasteiger partial charge in [0.1, 0.15) is 17.4 Å². The predicted octanol–water partition coefficient (Wildman–Crippen LogP) is 1.42. The van der Waals surface area contributed by atoms with E-state index in [9.17, 15) is 19.6 Å². The molecule has 0 saturated heterocycles. The predicted molar refractivity (Wildman–Crippen MR) is 93.6 cm³/mol. The molecular weight excluding hydrogens is 338 g/mol. The van der Waals surface area contributed by atoms with Crippen LogP contribution in [0.25, 0.3) is 11.0 Å². The van der Waals surface area contributed by atoms with Crippen molar-refractivity contribution in [3.63, 3.8) is 0 Å². The van der Waals surface area contributed by atoms with Gasteiger partial charge in [-0.15, -0.1) is 0 Å². The molecule has 2 heterocycles. The zero-order chi connectivity index (χ0) is 19.0. The van der Waals surface area contributed by atoms with E-state index >= 15 is 0 Å². The lowest BCUT2D eigenvalue weighted by Gasteiger charge is -2.13. The minimum atomic E-state index is -0.744. The van der Waals surface area contributed by atoms with Crippen molar-refractivity contribution in [3.05, 3.63) is 66.7 Å². The molecule has 0 fully saturated rings. The summed E-state index contributed by atoms with van der Waals surface area (Å²) in [5, 5.41) is 10.0. The van der Waals surface area contributed by atoms with Crippen LogP contribution in [-0.4, -0.2) is 9.13 Å². The van der Waals surface area contributed by atoms with Gasteiger partial charge in [0, 0.05) is 31.6 Å². The van der Waals surface area contributed by atoms with E-state index in [2.05, 4.69) is 0 Å². The Morgan fingerprint density at radius 3 is 2.54 bits per heavy atom. The molecule has 0 amide bonds. The van der Waals surface area contributed by atoms with Crippen molar-refractivity contribution in [2.24, 2.45) is 14.1 Å². The molecule has 0 radical (unpaired) electrons. The summed E-state index contributed by atoms with van der Waals surface area (Å²) in [6.07, 6.45) is 0.657. The smallest absolute Gasteiger partial charge is 0.336 e. The first-order valence-electron chi connectivity index (χ1n) is 7.82. The summed E-state index contributed by atoms with van der Waals surface area (Å²) >= 11 is 0. The molecule has 0 aliphatic carbocycles. The van der Waals surface area contributed by atoms with E-state index < -0.39 is 16.9 Å². The van der Waals surface area contributed by atoms with Crippen molar-refractivity contribution >= 4 is 11.0 Å². The molecule has 3 aromatic rings. The van der Waals surface area contributed by atoms with Gasteiger partial charge in [0.15, 0.2) is 5.56 Å². The largest absolute Gasteiger partial charge is 0.439 e. The number of aryl methyl sites for hydroxylation is 1. The quantitative estimate of drug-likeness (QED) is 0.659. The molecule has 0 atom stereocenters. The molecular formula is C18H15N3O5. The third-order valence-electron chi connectivity index (χ3n) is 4.12. The van der Waals surface area contributed by atoms with Gasteiger partial charge in [-0.05, 0) is 24.1 Å². The topological polar surface area (TPSA) is 107 Å². The second kappa shape index (κ2) is 6.37. The maximum Gasteiger partial charge on any atom is 0.336 e. The lowest BCUT2D eigenvalue weighted by Crippen LogP contribution is -2.38. The van der Waals surface area contributed by atoms with Crippen LogP contribution in [0.4, 0.5) is 0 Å². The van der Waals surface area contributed by atoms with Gasteiger partial charge in [0.05, 0.1) is 0 Å². The second-order valence-corrected chi connectivity index (χ2v) is 5.70. The van der Waals surface area contributed by atoms with Crippen LogP contribution in [-0.2, 0) is 20.5 Å². The molecule has 0 bridgehead atoms. The molecule has 2 aromatic heterocycles. The molecule has 0 N–H and O–H groups in total. The van der Waals surface area contributed by atoms with Crippen LogP contribution < -0.4 is 21.6 Å². The van der Waals surface area contributed by atoms with Crippen molar-refractivity contribution in [2.45, 2.75) is 13.3 Å². The van der Waals surface area contributed by atoms with Crippen molar-refractivity contribution in [1.29, 1.82) is 5.26 Å². The molecule has 132 valence electrons. The summed E-state index contributed by atoms with van der Waals surface area (Å²) in [5.41, 5.74) is -0.986. The number of fused-ring (bicyclic) bond motifs is 1. The number of rotatable bonds is 3. The molecule has 0 saturated carbocycles. The lowest BCUT2D eigenvalue weighted by molar-refractivity contribution is 0.420. The Hall–Kier alpha value is -3.60. The molecule has 0 unspecified atom stereocenters. The average Bonchev–Trinajstić information content (AvgIpc) is 2.63. The zero-order valence-electron chi connectivity index (χ0n) is 14.4. The fraction of sp³-hybridized carbons (Fsp3) is 0.222. The van der Waals surface area contributed by atoms with E-state index in [0.717, 1.165) is 20.1 Å². The molecule has 1 aromatic carbocycles.